The minimum atomic E-state index is -0.169. The van der Waals surface area contributed by atoms with Gasteiger partial charge in [-0.3, -0.25) is 4.79 Å². The van der Waals surface area contributed by atoms with Crippen molar-refractivity contribution in [3.8, 4) is 5.75 Å². The van der Waals surface area contributed by atoms with Gasteiger partial charge in [0.2, 0.25) is 0 Å². The summed E-state index contributed by atoms with van der Waals surface area (Å²) in [6.07, 6.45) is 4.80. The summed E-state index contributed by atoms with van der Waals surface area (Å²) in [6.45, 7) is 13.1. The minimum Gasteiger partial charge on any atom is -0.497 e. The topological polar surface area (TPSA) is 53.6 Å². The van der Waals surface area contributed by atoms with Crippen LogP contribution in [0.2, 0.25) is 0 Å². The molecule has 5 nitrogen and oxygen atoms in total. The Morgan fingerprint density at radius 2 is 2.11 bits per heavy atom. The maximum atomic E-state index is 12.4. The molecule has 5 heteroatoms. The fourth-order valence-corrected chi connectivity index (χ4v) is 2.76. The monoisotopic (exact) mass is 367 g/mol. The number of hydrogen-bond acceptors (Lipinski definition) is 4. The molecule has 1 aromatic rings. The van der Waals surface area contributed by atoms with E-state index in [4.69, 9.17) is 4.74 Å². The molecule has 1 amide bonds. The van der Waals surface area contributed by atoms with Crippen LogP contribution in [0.1, 0.15) is 25.8 Å². The van der Waals surface area contributed by atoms with Crippen LogP contribution in [0.25, 0.3) is 0 Å². The molecule has 2 rings (SSSR count). The molecule has 1 atom stereocenters. The summed E-state index contributed by atoms with van der Waals surface area (Å²) in [5.74, 6) is 0.627. The van der Waals surface area contributed by atoms with Gasteiger partial charge in [0, 0.05) is 42.8 Å². The summed E-state index contributed by atoms with van der Waals surface area (Å²) in [6, 6.07) is 8.15. The van der Waals surface area contributed by atoms with Gasteiger partial charge in [-0.05, 0) is 37.1 Å². The number of carbonyl (C=O) groups is 1. The van der Waals surface area contributed by atoms with Crippen molar-refractivity contribution in [2.24, 2.45) is 0 Å². The van der Waals surface area contributed by atoms with E-state index in [0.717, 1.165) is 29.0 Å². The molecule has 1 aromatic carbocycles. The molecule has 0 spiro atoms. The first-order valence-corrected chi connectivity index (χ1v) is 9.09. The normalized spacial score (nSPS) is 14.8. The van der Waals surface area contributed by atoms with Gasteiger partial charge < -0.3 is 20.3 Å². The zero-order chi connectivity index (χ0) is 20.0. The molecule has 144 valence electrons. The van der Waals surface area contributed by atoms with Crippen molar-refractivity contribution >= 4 is 5.91 Å². The Morgan fingerprint density at radius 1 is 1.37 bits per heavy atom. The van der Waals surface area contributed by atoms with Gasteiger partial charge in [-0.1, -0.05) is 32.2 Å². The Labute approximate surface area is 162 Å². The molecular formula is C22H29N3O2. The number of likely N-dealkylation sites (N-methyl/N-ethyl adjacent to an activating group) is 1. The second kappa shape index (κ2) is 9.12. The predicted molar refractivity (Wildman–Crippen MR) is 110 cm³/mol. The predicted octanol–water partition coefficient (Wildman–Crippen LogP) is 3.48. The summed E-state index contributed by atoms with van der Waals surface area (Å²) < 4.78 is 5.31. The number of rotatable bonds is 8. The largest absolute Gasteiger partial charge is 0.497 e. The lowest BCUT2D eigenvalue weighted by Crippen LogP contribution is -2.31. The zero-order valence-corrected chi connectivity index (χ0v) is 16.6. The molecular weight excluding hydrogens is 338 g/mol. The SMILES string of the molecule is C=C(NC(C)CC)C1=CN(Cc2cccc(OC)c2)C(=C)C(C(=O)NC)=C1. The lowest BCUT2D eigenvalue weighted by molar-refractivity contribution is -0.116. The van der Waals surface area contributed by atoms with Crippen molar-refractivity contribution in [3.63, 3.8) is 0 Å². The molecule has 0 fully saturated rings. The van der Waals surface area contributed by atoms with Crippen molar-refractivity contribution in [2.75, 3.05) is 14.2 Å². The molecule has 2 N–H and O–H groups in total. The molecule has 1 aliphatic heterocycles. The third kappa shape index (κ3) is 5.03. The third-order valence-electron chi connectivity index (χ3n) is 4.59. The van der Waals surface area contributed by atoms with Crippen molar-refractivity contribution in [2.45, 2.75) is 32.9 Å². The first kappa shape index (κ1) is 20.4. The van der Waals surface area contributed by atoms with Crippen LogP contribution in [-0.4, -0.2) is 31.0 Å². The number of carbonyl (C=O) groups excluding carboxylic acids is 1. The summed E-state index contributed by atoms with van der Waals surface area (Å²) in [5.41, 5.74) is 3.89. The zero-order valence-electron chi connectivity index (χ0n) is 16.6. The molecule has 0 radical (unpaired) electrons. The first-order chi connectivity index (χ1) is 12.9. The Hall–Kier alpha value is -2.95. The van der Waals surface area contributed by atoms with E-state index in [1.807, 2.05) is 41.4 Å². The van der Waals surface area contributed by atoms with Crippen LogP contribution >= 0.6 is 0 Å². The van der Waals surface area contributed by atoms with Crippen LogP contribution < -0.4 is 15.4 Å². The number of allylic oxidation sites excluding steroid dienone is 1. The number of nitrogens with one attached hydrogen (secondary N) is 2. The maximum Gasteiger partial charge on any atom is 0.253 e. The van der Waals surface area contributed by atoms with Crippen molar-refractivity contribution in [3.05, 3.63) is 77.8 Å². The highest BCUT2D eigenvalue weighted by Gasteiger charge is 2.23. The lowest BCUT2D eigenvalue weighted by atomic mass is 10.0. The van der Waals surface area contributed by atoms with Gasteiger partial charge in [-0.15, -0.1) is 0 Å². The quantitative estimate of drug-likeness (QED) is 0.739. The van der Waals surface area contributed by atoms with Crippen molar-refractivity contribution < 1.29 is 9.53 Å². The highest BCUT2D eigenvalue weighted by Crippen LogP contribution is 2.28. The number of nitrogens with zero attached hydrogens (tertiary/aromatic N) is 1. The van der Waals surface area contributed by atoms with Gasteiger partial charge in [-0.25, -0.2) is 0 Å². The number of methoxy groups -OCH3 is 1. The summed E-state index contributed by atoms with van der Waals surface area (Å²) in [4.78, 5) is 14.3. The highest BCUT2D eigenvalue weighted by molar-refractivity contribution is 5.98. The summed E-state index contributed by atoms with van der Waals surface area (Å²) in [5, 5.41) is 6.07. The summed E-state index contributed by atoms with van der Waals surface area (Å²) >= 11 is 0. The van der Waals surface area contributed by atoms with Gasteiger partial charge in [0.1, 0.15) is 5.75 Å². The third-order valence-corrected chi connectivity index (χ3v) is 4.59. The number of ether oxygens (including phenoxy) is 1. The Balaban J connectivity index is 2.34. The van der Waals surface area contributed by atoms with E-state index in [-0.39, 0.29) is 5.91 Å². The lowest BCUT2D eigenvalue weighted by Gasteiger charge is -2.30. The van der Waals surface area contributed by atoms with Crippen LogP contribution in [0.5, 0.6) is 5.75 Å². The molecule has 0 aromatic heterocycles. The first-order valence-electron chi connectivity index (χ1n) is 9.09. The van der Waals surface area contributed by atoms with Crippen LogP contribution in [0.15, 0.2) is 72.2 Å². The van der Waals surface area contributed by atoms with Gasteiger partial charge in [0.05, 0.1) is 12.7 Å². The maximum absolute atomic E-state index is 12.4. The number of benzene rings is 1. The van der Waals surface area contributed by atoms with E-state index < -0.39 is 0 Å². The van der Waals surface area contributed by atoms with E-state index >= 15 is 0 Å². The molecule has 0 aliphatic carbocycles. The smallest absolute Gasteiger partial charge is 0.253 e. The van der Waals surface area contributed by atoms with Crippen LogP contribution in [0.3, 0.4) is 0 Å². The fourth-order valence-electron chi connectivity index (χ4n) is 2.76. The fraction of sp³-hybridized carbons (Fsp3) is 0.318. The Bertz CT molecular complexity index is 793. The number of amides is 1. The van der Waals surface area contributed by atoms with Gasteiger partial charge in [0.25, 0.3) is 5.91 Å². The molecule has 1 aliphatic rings. The molecule has 0 saturated heterocycles. The van der Waals surface area contributed by atoms with Crippen LogP contribution in [0, 0.1) is 0 Å². The average molecular weight is 367 g/mol. The minimum absolute atomic E-state index is 0.169. The molecule has 0 bridgehead atoms. The van der Waals surface area contributed by atoms with Gasteiger partial charge >= 0.3 is 0 Å². The van der Waals surface area contributed by atoms with E-state index in [2.05, 4.69) is 37.6 Å². The number of hydrogen-bond donors (Lipinski definition) is 2. The average Bonchev–Trinajstić information content (AvgIpc) is 2.68. The van der Waals surface area contributed by atoms with Crippen molar-refractivity contribution in [1.82, 2.24) is 15.5 Å². The Kier molecular flexibility index (Phi) is 6.88. The molecule has 1 heterocycles. The van der Waals surface area contributed by atoms with Crippen molar-refractivity contribution in [1.29, 1.82) is 0 Å². The van der Waals surface area contributed by atoms with E-state index in [1.54, 1.807) is 14.2 Å². The summed E-state index contributed by atoms with van der Waals surface area (Å²) in [7, 11) is 3.26. The second-order valence-electron chi connectivity index (χ2n) is 6.58. The Morgan fingerprint density at radius 3 is 2.74 bits per heavy atom. The molecule has 1 unspecified atom stereocenters. The van der Waals surface area contributed by atoms with Crippen LogP contribution in [0.4, 0.5) is 0 Å². The van der Waals surface area contributed by atoms with Gasteiger partial charge in [0.15, 0.2) is 0 Å². The molecule has 27 heavy (non-hydrogen) atoms. The van der Waals surface area contributed by atoms with Gasteiger partial charge in [-0.2, -0.15) is 0 Å². The highest BCUT2D eigenvalue weighted by atomic mass is 16.5. The second-order valence-corrected chi connectivity index (χ2v) is 6.58. The van der Waals surface area contributed by atoms with E-state index in [1.165, 1.54) is 0 Å². The van der Waals surface area contributed by atoms with E-state index in [0.29, 0.717) is 23.9 Å². The standard InChI is InChI=1S/C22H29N3O2/c1-7-15(2)24-16(3)19-12-21(22(26)23-5)17(4)25(14-19)13-18-9-8-10-20(11-18)27-6/h8-12,14-15,24H,3-4,7,13H2,1-2,5-6H3,(H,23,26). The van der Waals surface area contributed by atoms with E-state index in [9.17, 15) is 4.79 Å². The molecule has 0 saturated carbocycles. The van der Waals surface area contributed by atoms with Crippen LogP contribution in [-0.2, 0) is 11.3 Å².